The van der Waals surface area contributed by atoms with Gasteiger partial charge in [0.1, 0.15) is 6.61 Å². The maximum Gasteiger partial charge on any atom is 0.472 e. The lowest BCUT2D eigenvalue weighted by atomic mass is 10.0. The molecule has 0 aliphatic carbocycles. The Morgan fingerprint density at radius 2 is 0.917 bits per heavy atom. The fourth-order valence-corrected chi connectivity index (χ4v) is 7.73. The molecule has 0 rings (SSSR count). The Labute approximate surface area is 369 Å². The van der Waals surface area contributed by atoms with Gasteiger partial charge in [-0.1, -0.05) is 211 Å². The number of carbonyl (C=O) groups is 2. The van der Waals surface area contributed by atoms with Crippen molar-refractivity contribution in [1.29, 1.82) is 0 Å². The van der Waals surface area contributed by atoms with Gasteiger partial charge in [-0.3, -0.25) is 18.6 Å². The van der Waals surface area contributed by atoms with Gasteiger partial charge in [0.15, 0.2) is 6.10 Å². The molecule has 2 unspecified atom stereocenters. The van der Waals surface area contributed by atoms with Crippen LogP contribution in [0.25, 0.3) is 0 Å². The first-order valence-electron chi connectivity index (χ1n) is 24.9. The molecule has 0 aromatic rings. The second-order valence-electron chi connectivity index (χ2n) is 16.7. The number of hydrogen-bond acceptors (Lipinski definition) is 8. The number of allylic oxidation sites excluding steroid dienone is 6. The number of carbonyl (C=O) groups excluding carboxylic acids is 2. The van der Waals surface area contributed by atoms with Crippen molar-refractivity contribution in [3.05, 3.63) is 36.5 Å². The third kappa shape index (κ3) is 45.7. The van der Waals surface area contributed by atoms with Crippen LogP contribution in [0.3, 0.4) is 0 Å². The van der Waals surface area contributed by atoms with E-state index in [0.717, 1.165) is 32.1 Å². The van der Waals surface area contributed by atoms with Gasteiger partial charge in [0.25, 0.3) is 0 Å². The first-order valence-corrected chi connectivity index (χ1v) is 26.4. The van der Waals surface area contributed by atoms with Crippen molar-refractivity contribution in [2.75, 3.05) is 33.4 Å². The van der Waals surface area contributed by atoms with Crippen LogP contribution in [-0.2, 0) is 32.7 Å². The van der Waals surface area contributed by atoms with E-state index in [0.29, 0.717) is 19.4 Å². The number of likely N-dealkylation sites (N-methyl/N-ethyl adjacent to an activating group) is 1. The Morgan fingerprint density at radius 1 is 0.517 bits per heavy atom. The fraction of sp³-hybridized carbons (Fsp3) is 0.840. The molecule has 0 bridgehead atoms. The van der Waals surface area contributed by atoms with Crippen LogP contribution >= 0.6 is 7.82 Å². The second-order valence-corrected chi connectivity index (χ2v) is 18.1. The van der Waals surface area contributed by atoms with Crippen molar-refractivity contribution in [3.8, 4) is 0 Å². The molecule has 0 spiro atoms. The normalized spacial score (nSPS) is 13.5. The van der Waals surface area contributed by atoms with Crippen molar-refractivity contribution in [2.24, 2.45) is 0 Å². The smallest absolute Gasteiger partial charge is 0.462 e. The molecule has 0 heterocycles. The van der Waals surface area contributed by atoms with Gasteiger partial charge in [0.2, 0.25) is 0 Å². The monoisotopic (exact) mass is 868 g/mol. The maximum absolute atomic E-state index is 12.7. The van der Waals surface area contributed by atoms with Crippen LogP contribution in [0.1, 0.15) is 232 Å². The molecule has 0 saturated carbocycles. The van der Waals surface area contributed by atoms with Crippen LogP contribution in [-0.4, -0.2) is 56.3 Å². The van der Waals surface area contributed by atoms with Gasteiger partial charge in [0, 0.05) is 19.4 Å². The van der Waals surface area contributed by atoms with Crippen LogP contribution in [0.2, 0.25) is 0 Å². The zero-order chi connectivity index (χ0) is 43.9. The Balaban J connectivity index is 4.17. The zero-order valence-corrected chi connectivity index (χ0v) is 40.1. The molecule has 352 valence electrons. The molecule has 0 amide bonds. The fourth-order valence-electron chi connectivity index (χ4n) is 6.98. The second kappa shape index (κ2) is 46.7. The highest BCUT2D eigenvalue weighted by Crippen LogP contribution is 2.43. The molecule has 2 N–H and O–H groups in total. The molecular formula is C50H94NO8P. The Morgan fingerprint density at radius 3 is 1.38 bits per heavy atom. The first-order chi connectivity index (χ1) is 29.3. The summed E-state index contributed by atoms with van der Waals surface area (Å²) < 4.78 is 33.3. The van der Waals surface area contributed by atoms with E-state index in [-0.39, 0.29) is 26.1 Å². The van der Waals surface area contributed by atoms with Crippen LogP contribution in [0.5, 0.6) is 0 Å². The molecule has 0 aromatic heterocycles. The summed E-state index contributed by atoms with van der Waals surface area (Å²) in [6.07, 6.45) is 52.1. The average molecular weight is 868 g/mol. The molecule has 10 heteroatoms. The number of unbranched alkanes of at least 4 members (excludes halogenated alkanes) is 27. The Bertz CT molecular complexity index is 1080. The predicted molar refractivity (Wildman–Crippen MR) is 252 cm³/mol. The van der Waals surface area contributed by atoms with Crippen molar-refractivity contribution in [2.45, 2.75) is 238 Å². The van der Waals surface area contributed by atoms with Gasteiger partial charge in [0.05, 0.1) is 13.2 Å². The van der Waals surface area contributed by atoms with E-state index in [1.807, 2.05) is 0 Å². The van der Waals surface area contributed by atoms with E-state index in [9.17, 15) is 19.0 Å². The average Bonchev–Trinajstić information content (AvgIpc) is 3.23. The SMILES string of the molecule is CCCCCCCC/C=C\C/C=C\C/C=C\CCCC(=O)OCC(COP(=O)(O)OCCNC)OC(=O)CCCCCCCCCCCCCCCCCCCCCCC. The number of phosphoric acid groups is 1. The van der Waals surface area contributed by atoms with E-state index >= 15 is 0 Å². The number of ether oxygens (including phenoxy) is 2. The van der Waals surface area contributed by atoms with Crippen molar-refractivity contribution in [3.63, 3.8) is 0 Å². The van der Waals surface area contributed by atoms with Crippen molar-refractivity contribution in [1.82, 2.24) is 5.32 Å². The first kappa shape index (κ1) is 58.2. The Hall–Kier alpha value is -1.77. The number of phosphoric ester groups is 1. The van der Waals surface area contributed by atoms with Gasteiger partial charge in [-0.25, -0.2) is 4.57 Å². The van der Waals surface area contributed by atoms with Gasteiger partial charge >= 0.3 is 19.8 Å². The molecule has 60 heavy (non-hydrogen) atoms. The molecule has 0 fully saturated rings. The minimum Gasteiger partial charge on any atom is -0.462 e. The number of rotatable bonds is 47. The zero-order valence-electron chi connectivity index (χ0n) is 39.2. The number of esters is 2. The van der Waals surface area contributed by atoms with Crippen LogP contribution in [0.15, 0.2) is 36.5 Å². The molecule has 0 aliphatic rings. The molecule has 2 atom stereocenters. The third-order valence-electron chi connectivity index (χ3n) is 10.8. The number of nitrogens with one attached hydrogen (secondary N) is 1. The van der Waals surface area contributed by atoms with Crippen LogP contribution in [0, 0.1) is 0 Å². The highest BCUT2D eigenvalue weighted by Gasteiger charge is 2.26. The largest absolute Gasteiger partial charge is 0.472 e. The summed E-state index contributed by atoms with van der Waals surface area (Å²) in [6, 6.07) is 0. The van der Waals surface area contributed by atoms with Crippen molar-refractivity contribution < 1.29 is 37.6 Å². The Kier molecular flexibility index (Phi) is 45.3. The van der Waals surface area contributed by atoms with E-state index in [4.69, 9.17) is 18.5 Å². The summed E-state index contributed by atoms with van der Waals surface area (Å²) in [5.74, 6) is -0.858. The number of hydrogen-bond donors (Lipinski definition) is 2. The van der Waals surface area contributed by atoms with Gasteiger partial charge < -0.3 is 19.7 Å². The molecule has 0 aliphatic heterocycles. The summed E-state index contributed by atoms with van der Waals surface area (Å²) in [5.41, 5.74) is 0. The lowest BCUT2D eigenvalue weighted by Crippen LogP contribution is -2.29. The van der Waals surface area contributed by atoms with Gasteiger partial charge in [-0.15, -0.1) is 0 Å². The quantitative estimate of drug-likeness (QED) is 0.0266. The summed E-state index contributed by atoms with van der Waals surface area (Å²) in [6.45, 7) is 4.20. The molecule has 0 aromatic carbocycles. The van der Waals surface area contributed by atoms with E-state index in [1.54, 1.807) is 7.05 Å². The topological polar surface area (TPSA) is 120 Å². The maximum atomic E-state index is 12.7. The predicted octanol–water partition coefficient (Wildman–Crippen LogP) is 14.8. The van der Waals surface area contributed by atoms with Crippen LogP contribution in [0.4, 0.5) is 0 Å². The van der Waals surface area contributed by atoms with E-state index in [1.165, 1.54) is 161 Å². The highest BCUT2D eigenvalue weighted by molar-refractivity contribution is 7.47. The van der Waals surface area contributed by atoms with Crippen molar-refractivity contribution >= 4 is 19.8 Å². The molecule has 0 saturated heterocycles. The minimum atomic E-state index is -4.36. The van der Waals surface area contributed by atoms with Gasteiger partial charge in [-0.2, -0.15) is 0 Å². The molecular weight excluding hydrogens is 774 g/mol. The van der Waals surface area contributed by atoms with E-state index in [2.05, 4.69) is 55.6 Å². The third-order valence-corrected chi connectivity index (χ3v) is 11.7. The highest BCUT2D eigenvalue weighted by atomic mass is 31.2. The van der Waals surface area contributed by atoms with Gasteiger partial charge in [-0.05, 0) is 52.0 Å². The van der Waals surface area contributed by atoms with Crippen LogP contribution < -0.4 is 5.32 Å². The summed E-state index contributed by atoms with van der Waals surface area (Å²) in [7, 11) is -2.66. The standard InChI is InChI=1S/C50H94NO8P/c1-4-6-8-10-12-14-16-18-20-22-23-24-25-27-29-31-33-35-37-39-41-43-50(53)59-48(47-58-60(54,55)57-45-44-51-3)46-56-49(52)42-40-38-36-34-32-30-28-26-21-19-17-15-13-11-9-7-5-2/h19,21,28,30,34,36,48,51H,4-18,20,22-27,29,31-33,35,37-47H2,1-3H3,(H,54,55)/b21-19-,30-28-,36-34-. The molecule has 9 nitrogen and oxygen atoms in total. The minimum absolute atomic E-state index is 0.0232. The lowest BCUT2D eigenvalue weighted by Gasteiger charge is -2.20. The summed E-state index contributed by atoms with van der Waals surface area (Å²) in [5, 5.41) is 2.83. The summed E-state index contributed by atoms with van der Waals surface area (Å²) in [4.78, 5) is 35.2. The van der Waals surface area contributed by atoms with E-state index < -0.39 is 32.5 Å². The summed E-state index contributed by atoms with van der Waals surface area (Å²) >= 11 is 0. The lowest BCUT2D eigenvalue weighted by molar-refractivity contribution is -0.161. The molecule has 0 radical (unpaired) electrons.